The maximum Gasteiger partial charge on any atom is 0.410 e. The van der Waals surface area contributed by atoms with Crippen molar-refractivity contribution in [2.75, 3.05) is 17.2 Å². The van der Waals surface area contributed by atoms with E-state index in [-0.39, 0.29) is 30.8 Å². The summed E-state index contributed by atoms with van der Waals surface area (Å²) in [6.07, 6.45) is 6.87. The second kappa shape index (κ2) is 8.49. The predicted octanol–water partition coefficient (Wildman–Crippen LogP) is 4.13. The van der Waals surface area contributed by atoms with E-state index >= 15 is 0 Å². The highest BCUT2D eigenvalue weighted by Gasteiger charge is 2.44. The maximum absolute atomic E-state index is 12.5. The van der Waals surface area contributed by atoms with Gasteiger partial charge in [0.05, 0.1) is 5.52 Å². The largest absolute Gasteiger partial charge is 0.445 e. The molecule has 0 aliphatic carbocycles. The van der Waals surface area contributed by atoms with Crippen LogP contribution in [0.2, 0.25) is 0 Å². The SMILES string of the molecule is C=CCOC(=O)N1[C@@H]2CC[C@H]1CC(Nc1nc(Nc3cc(C)[nH]n3)cc3ncccc13)C2. The fourth-order valence-corrected chi connectivity index (χ4v) is 4.85. The minimum absolute atomic E-state index is 0.182. The molecule has 9 nitrogen and oxygen atoms in total. The van der Waals surface area contributed by atoms with Crippen LogP contribution in [-0.2, 0) is 4.74 Å². The van der Waals surface area contributed by atoms with Gasteiger partial charge in [-0.3, -0.25) is 10.1 Å². The van der Waals surface area contributed by atoms with E-state index in [9.17, 15) is 4.79 Å². The Balaban J connectivity index is 1.36. The molecule has 1 amide bonds. The van der Waals surface area contributed by atoms with E-state index in [2.05, 4.69) is 32.4 Å². The molecule has 0 aromatic carbocycles. The lowest BCUT2D eigenvalue weighted by Gasteiger charge is -2.38. The van der Waals surface area contributed by atoms with Gasteiger partial charge >= 0.3 is 6.09 Å². The van der Waals surface area contributed by atoms with Crippen LogP contribution in [0.5, 0.6) is 0 Å². The molecular weight excluding hydrogens is 406 g/mol. The minimum atomic E-state index is -0.232. The van der Waals surface area contributed by atoms with Gasteiger partial charge in [-0.2, -0.15) is 5.10 Å². The first kappa shape index (κ1) is 20.3. The van der Waals surface area contributed by atoms with E-state index in [4.69, 9.17) is 9.72 Å². The number of pyridine rings is 2. The van der Waals surface area contributed by atoms with Crippen molar-refractivity contribution >= 4 is 34.4 Å². The molecule has 9 heteroatoms. The highest BCUT2D eigenvalue weighted by Crippen LogP contribution is 2.38. The summed E-state index contributed by atoms with van der Waals surface area (Å²) in [4.78, 5) is 23.8. The van der Waals surface area contributed by atoms with Crippen molar-refractivity contribution in [2.45, 2.75) is 50.7 Å². The van der Waals surface area contributed by atoms with E-state index in [1.165, 1.54) is 0 Å². The molecule has 0 spiro atoms. The zero-order chi connectivity index (χ0) is 22.1. The Bertz CT molecular complexity index is 1130. The standard InChI is InChI=1S/C23H27N7O2/c1-3-9-32-23(31)30-16-6-7-17(30)12-15(11-16)25-22-18-5-4-8-24-19(18)13-20(27-22)26-21-10-14(2)28-29-21/h3-5,8,10,13,15-17H,1,6-7,9,11-12H2,2H3,(H3,25,26,27,28,29)/t15?,16-,17+. The first-order valence-electron chi connectivity index (χ1n) is 11.0. The second-order valence-corrected chi connectivity index (χ2v) is 8.46. The number of rotatable bonds is 6. The molecule has 5 rings (SSSR count). The van der Waals surface area contributed by atoms with Crippen LogP contribution in [0, 0.1) is 6.92 Å². The van der Waals surface area contributed by atoms with E-state index < -0.39 is 0 Å². The fourth-order valence-electron chi connectivity index (χ4n) is 4.85. The molecule has 32 heavy (non-hydrogen) atoms. The minimum Gasteiger partial charge on any atom is -0.445 e. The highest BCUT2D eigenvalue weighted by atomic mass is 16.6. The van der Waals surface area contributed by atoms with Gasteiger partial charge in [-0.1, -0.05) is 12.7 Å². The normalized spacial score (nSPS) is 22.0. The van der Waals surface area contributed by atoms with Crippen molar-refractivity contribution in [1.82, 2.24) is 25.1 Å². The van der Waals surface area contributed by atoms with Crippen LogP contribution in [-0.4, -0.2) is 55.9 Å². The van der Waals surface area contributed by atoms with Crippen LogP contribution in [0.3, 0.4) is 0 Å². The molecule has 2 aliphatic heterocycles. The summed E-state index contributed by atoms with van der Waals surface area (Å²) < 4.78 is 5.31. The van der Waals surface area contributed by atoms with Crippen LogP contribution in [0.25, 0.3) is 10.9 Å². The van der Waals surface area contributed by atoms with Gasteiger partial charge in [-0.25, -0.2) is 9.78 Å². The Morgan fingerprint density at radius 3 is 2.84 bits per heavy atom. The lowest BCUT2D eigenvalue weighted by molar-refractivity contribution is 0.0749. The lowest BCUT2D eigenvalue weighted by atomic mass is 9.97. The predicted molar refractivity (Wildman–Crippen MR) is 123 cm³/mol. The van der Waals surface area contributed by atoms with Gasteiger partial charge in [0.15, 0.2) is 5.82 Å². The number of hydrogen-bond donors (Lipinski definition) is 3. The average molecular weight is 434 g/mol. The van der Waals surface area contributed by atoms with Crippen molar-refractivity contribution < 1.29 is 9.53 Å². The molecule has 2 fully saturated rings. The van der Waals surface area contributed by atoms with Gasteiger partial charge < -0.3 is 20.3 Å². The molecule has 1 unspecified atom stereocenters. The first-order chi connectivity index (χ1) is 15.6. The molecule has 2 saturated heterocycles. The van der Waals surface area contributed by atoms with Crippen molar-refractivity contribution in [3.63, 3.8) is 0 Å². The van der Waals surface area contributed by atoms with Crippen LogP contribution in [0.4, 0.5) is 22.2 Å². The number of aromatic nitrogens is 4. The smallest absolute Gasteiger partial charge is 0.410 e. The first-order valence-corrected chi connectivity index (χ1v) is 11.0. The lowest BCUT2D eigenvalue weighted by Crippen LogP contribution is -2.50. The molecule has 3 aromatic heterocycles. The Labute approximate surface area is 186 Å². The zero-order valence-corrected chi connectivity index (χ0v) is 18.0. The summed E-state index contributed by atoms with van der Waals surface area (Å²) in [7, 11) is 0. The Morgan fingerprint density at radius 1 is 1.31 bits per heavy atom. The number of ether oxygens (including phenoxy) is 1. The highest BCUT2D eigenvalue weighted by molar-refractivity contribution is 5.91. The molecule has 3 aromatic rings. The summed E-state index contributed by atoms with van der Waals surface area (Å²) >= 11 is 0. The summed E-state index contributed by atoms with van der Waals surface area (Å²) in [6.45, 7) is 5.82. The van der Waals surface area contributed by atoms with E-state index in [1.807, 2.05) is 36.1 Å². The van der Waals surface area contributed by atoms with E-state index in [1.54, 1.807) is 12.3 Å². The summed E-state index contributed by atoms with van der Waals surface area (Å²) in [5, 5.41) is 15.0. The number of piperidine rings is 1. The Hall–Kier alpha value is -3.62. The molecule has 5 heterocycles. The number of nitrogens with zero attached hydrogens (tertiary/aromatic N) is 4. The Kier molecular flexibility index (Phi) is 5.38. The third-order valence-electron chi connectivity index (χ3n) is 6.17. The molecule has 166 valence electrons. The number of anilines is 3. The summed E-state index contributed by atoms with van der Waals surface area (Å²) in [6, 6.07) is 8.37. The topological polar surface area (TPSA) is 108 Å². The molecule has 2 bridgehead atoms. The number of nitrogens with one attached hydrogen (secondary N) is 3. The monoisotopic (exact) mass is 433 g/mol. The maximum atomic E-state index is 12.5. The van der Waals surface area contributed by atoms with Crippen LogP contribution < -0.4 is 10.6 Å². The molecule has 3 N–H and O–H groups in total. The van der Waals surface area contributed by atoms with Gasteiger partial charge in [-0.15, -0.1) is 0 Å². The van der Waals surface area contributed by atoms with Crippen LogP contribution in [0.1, 0.15) is 31.4 Å². The van der Waals surface area contributed by atoms with E-state index in [0.29, 0.717) is 11.6 Å². The van der Waals surface area contributed by atoms with Crippen molar-refractivity contribution in [2.24, 2.45) is 0 Å². The third kappa shape index (κ3) is 3.98. The molecule has 3 atom stereocenters. The van der Waals surface area contributed by atoms with Gasteiger partial charge in [0.2, 0.25) is 0 Å². The fraction of sp³-hybridized carbons (Fsp3) is 0.391. The Morgan fingerprint density at radius 2 is 2.12 bits per heavy atom. The number of carbonyl (C=O) groups excluding carboxylic acids is 1. The summed E-state index contributed by atoms with van der Waals surface area (Å²) in [5.41, 5.74) is 1.83. The van der Waals surface area contributed by atoms with Gasteiger partial charge in [0.25, 0.3) is 0 Å². The second-order valence-electron chi connectivity index (χ2n) is 8.46. The number of fused-ring (bicyclic) bond motifs is 3. The van der Waals surface area contributed by atoms with Crippen LogP contribution in [0.15, 0.2) is 43.1 Å². The average Bonchev–Trinajstić information content (AvgIpc) is 3.31. The summed E-state index contributed by atoms with van der Waals surface area (Å²) in [5.74, 6) is 2.18. The number of carbonyl (C=O) groups is 1. The van der Waals surface area contributed by atoms with Crippen molar-refractivity contribution in [1.29, 1.82) is 0 Å². The van der Waals surface area contributed by atoms with Crippen LogP contribution >= 0.6 is 0 Å². The molecule has 0 radical (unpaired) electrons. The molecular formula is C23H27N7O2. The number of aryl methyl sites for hydroxylation is 1. The number of H-pyrrole nitrogens is 1. The third-order valence-corrected chi connectivity index (χ3v) is 6.17. The zero-order valence-electron chi connectivity index (χ0n) is 18.0. The number of amides is 1. The van der Waals surface area contributed by atoms with Gasteiger partial charge in [0.1, 0.15) is 18.2 Å². The molecule has 0 saturated carbocycles. The number of hydrogen-bond acceptors (Lipinski definition) is 7. The van der Waals surface area contributed by atoms with Crippen molar-refractivity contribution in [3.8, 4) is 0 Å². The molecule has 2 aliphatic rings. The quantitative estimate of drug-likeness (QED) is 0.502. The van der Waals surface area contributed by atoms with E-state index in [0.717, 1.165) is 48.1 Å². The van der Waals surface area contributed by atoms with Crippen molar-refractivity contribution in [3.05, 3.63) is 48.8 Å². The van der Waals surface area contributed by atoms with Gasteiger partial charge in [0, 0.05) is 47.5 Å². The number of aromatic amines is 1. The van der Waals surface area contributed by atoms with Gasteiger partial charge in [-0.05, 0) is 44.7 Å².